The molecular weight excluding hydrogens is 304 g/mol. The van der Waals surface area contributed by atoms with Gasteiger partial charge in [0.2, 0.25) is 5.91 Å². The maximum atomic E-state index is 12.4. The summed E-state index contributed by atoms with van der Waals surface area (Å²) in [5, 5.41) is 10.5. The van der Waals surface area contributed by atoms with Crippen molar-refractivity contribution in [3.63, 3.8) is 0 Å². The number of anilines is 2. The number of carbonyl (C=O) groups is 1. The zero-order chi connectivity index (χ0) is 16.7. The number of rotatable bonds is 3. The Bertz CT molecular complexity index is 916. The second-order valence-corrected chi connectivity index (χ2v) is 6.24. The highest BCUT2D eigenvalue weighted by Gasteiger charge is 2.26. The van der Waals surface area contributed by atoms with Gasteiger partial charge in [-0.2, -0.15) is 14.6 Å². The van der Waals surface area contributed by atoms with Crippen LogP contribution in [0.2, 0.25) is 0 Å². The third-order valence-electron chi connectivity index (χ3n) is 4.20. The number of carbonyl (C=O) groups excluding carboxylic acids is 1. The molecule has 0 aliphatic carbocycles. The zero-order valence-electron chi connectivity index (χ0n) is 13.5. The molecule has 24 heavy (non-hydrogen) atoms. The van der Waals surface area contributed by atoms with Gasteiger partial charge in [-0.3, -0.25) is 4.79 Å². The fourth-order valence-electron chi connectivity index (χ4n) is 2.88. The first kappa shape index (κ1) is 14.6. The molecule has 1 unspecified atom stereocenters. The summed E-state index contributed by atoms with van der Waals surface area (Å²) in [5.41, 5.74) is 2.90. The van der Waals surface area contributed by atoms with Crippen LogP contribution < -0.4 is 10.6 Å². The Morgan fingerprint density at radius 3 is 3.00 bits per heavy atom. The van der Waals surface area contributed by atoms with Gasteiger partial charge in [0.15, 0.2) is 0 Å². The van der Waals surface area contributed by atoms with Crippen LogP contribution in [0.5, 0.6) is 0 Å². The molecule has 0 saturated carbocycles. The number of fused-ring (bicyclic) bond motifs is 2. The van der Waals surface area contributed by atoms with Crippen LogP contribution >= 0.6 is 0 Å². The lowest BCUT2D eigenvalue weighted by molar-refractivity contribution is -0.117. The fraction of sp³-hybridized carbons (Fsp3) is 0.294. The minimum Gasteiger partial charge on any atom is -0.358 e. The van der Waals surface area contributed by atoms with Crippen molar-refractivity contribution in [2.45, 2.75) is 32.2 Å². The summed E-state index contributed by atoms with van der Waals surface area (Å²) in [5.74, 6) is 1.46. The molecule has 0 radical (unpaired) electrons. The van der Waals surface area contributed by atoms with E-state index in [1.165, 1.54) is 6.33 Å². The first-order chi connectivity index (χ1) is 11.6. The van der Waals surface area contributed by atoms with Crippen LogP contribution in [0.4, 0.5) is 11.5 Å². The number of para-hydroxylation sites is 1. The Kier molecular flexibility index (Phi) is 3.41. The van der Waals surface area contributed by atoms with E-state index >= 15 is 0 Å². The van der Waals surface area contributed by atoms with E-state index in [4.69, 9.17) is 0 Å². The smallest absolute Gasteiger partial charge is 0.254 e. The summed E-state index contributed by atoms with van der Waals surface area (Å²) < 4.78 is 1.62. The lowest BCUT2D eigenvalue weighted by atomic mass is 9.99. The van der Waals surface area contributed by atoms with E-state index in [0.717, 1.165) is 22.8 Å². The molecule has 2 N–H and O–H groups in total. The Morgan fingerprint density at radius 1 is 1.33 bits per heavy atom. The molecule has 1 aliphatic heterocycles. The van der Waals surface area contributed by atoms with Crippen molar-refractivity contribution < 1.29 is 4.79 Å². The van der Waals surface area contributed by atoms with Gasteiger partial charge in [0, 0.05) is 18.2 Å². The van der Waals surface area contributed by atoms with Crippen LogP contribution in [-0.4, -0.2) is 31.5 Å². The summed E-state index contributed by atoms with van der Waals surface area (Å²) in [6, 6.07) is 9.41. The molecule has 0 fully saturated rings. The highest BCUT2D eigenvalue weighted by Crippen LogP contribution is 2.25. The van der Waals surface area contributed by atoms with Crippen molar-refractivity contribution in [1.82, 2.24) is 19.6 Å². The van der Waals surface area contributed by atoms with E-state index in [9.17, 15) is 4.79 Å². The molecule has 1 amide bonds. The average Bonchev–Trinajstić information content (AvgIpc) is 3.04. The Balaban J connectivity index is 1.69. The molecule has 1 atom stereocenters. The van der Waals surface area contributed by atoms with E-state index in [1.54, 1.807) is 4.52 Å². The molecule has 3 heterocycles. The quantitative estimate of drug-likeness (QED) is 0.772. The van der Waals surface area contributed by atoms with Gasteiger partial charge in [-0.25, -0.2) is 4.98 Å². The first-order valence-electron chi connectivity index (χ1n) is 7.98. The molecule has 0 saturated heterocycles. The van der Waals surface area contributed by atoms with Crippen molar-refractivity contribution in [3.8, 4) is 0 Å². The van der Waals surface area contributed by atoms with E-state index in [0.29, 0.717) is 12.2 Å². The molecule has 3 aromatic rings. The van der Waals surface area contributed by atoms with Gasteiger partial charge in [-0.15, -0.1) is 0 Å². The van der Waals surface area contributed by atoms with Gasteiger partial charge in [-0.05, 0) is 17.5 Å². The normalized spacial score (nSPS) is 17.0. The largest absolute Gasteiger partial charge is 0.358 e. The van der Waals surface area contributed by atoms with Crippen LogP contribution in [0.25, 0.3) is 5.78 Å². The number of nitrogens with one attached hydrogen (secondary N) is 2. The van der Waals surface area contributed by atoms with Gasteiger partial charge >= 0.3 is 0 Å². The van der Waals surface area contributed by atoms with Crippen LogP contribution in [0.15, 0.2) is 36.7 Å². The summed E-state index contributed by atoms with van der Waals surface area (Å²) in [6.07, 6.45) is 2.09. The number of nitrogens with zero attached hydrogens (tertiary/aromatic N) is 4. The Morgan fingerprint density at radius 2 is 2.17 bits per heavy atom. The number of benzene rings is 1. The van der Waals surface area contributed by atoms with Crippen molar-refractivity contribution in [2.75, 3.05) is 10.6 Å². The molecule has 2 aromatic heterocycles. The predicted molar refractivity (Wildman–Crippen MR) is 91.1 cm³/mol. The summed E-state index contributed by atoms with van der Waals surface area (Å²) >= 11 is 0. The summed E-state index contributed by atoms with van der Waals surface area (Å²) in [4.78, 5) is 21.1. The minimum atomic E-state index is -0.366. The van der Waals surface area contributed by atoms with Crippen LogP contribution in [-0.2, 0) is 11.2 Å². The molecule has 0 spiro atoms. The fourth-order valence-corrected chi connectivity index (χ4v) is 2.88. The topological polar surface area (TPSA) is 84.2 Å². The first-order valence-corrected chi connectivity index (χ1v) is 7.98. The average molecular weight is 322 g/mol. The van der Waals surface area contributed by atoms with Crippen molar-refractivity contribution >= 4 is 23.2 Å². The molecule has 4 rings (SSSR count). The third kappa shape index (κ3) is 2.47. The van der Waals surface area contributed by atoms with Crippen LogP contribution in [0, 0.1) is 0 Å². The van der Waals surface area contributed by atoms with Crippen molar-refractivity contribution in [1.29, 1.82) is 0 Å². The predicted octanol–water partition coefficient (Wildman–Crippen LogP) is 2.22. The van der Waals surface area contributed by atoms with Crippen molar-refractivity contribution in [2.24, 2.45) is 0 Å². The maximum absolute atomic E-state index is 12.4. The SMILES string of the molecule is CC(C)c1cc(NC2Cc3ccccc3NC2=O)n2ncnc2n1. The summed E-state index contributed by atoms with van der Waals surface area (Å²) in [7, 11) is 0. The van der Waals surface area contributed by atoms with Gasteiger partial charge in [0.1, 0.15) is 18.2 Å². The summed E-state index contributed by atoms with van der Waals surface area (Å²) in [6.45, 7) is 4.14. The second-order valence-electron chi connectivity index (χ2n) is 6.24. The minimum absolute atomic E-state index is 0.0510. The van der Waals surface area contributed by atoms with E-state index < -0.39 is 0 Å². The van der Waals surface area contributed by atoms with E-state index in [2.05, 4.69) is 39.5 Å². The lowest BCUT2D eigenvalue weighted by Gasteiger charge is -2.26. The standard InChI is InChI=1S/C17H18N6O/c1-10(2)13-8-15(23-17(22-13)18-9-19-23)20-14-7-11-5-3-4-6-12(11)21-16(14)24/h3-6,8-10,14,20H,7H2,1-2H3,(H,21,24). The highest BCUT2D eigenvalue weighted by atomic mass is 16.2. The Labute approximate surface area is 139 Å². The van der Waals surface area contributed by atoms with E-state index in [1.807, 2.05) is 30.3 Å². The van der Waals surface area contributed by atoms with Gasteiger partial charge < -0.3 is 10.6 Å². The molecule has 7 nitrogen and oxygen atoms in total. The molecule has 7 heteroatoms. The van der Waals surface area contributed by atoms with Crippen LogP contribution in [0.1, 0.15) is 31.0 Å². The lowest BCUT2D eigenvalue weighted by Crippen LogP contribution is -2.40. The van der Waals surface area contributed by atoms with Gasteiger partial charge in [0.05, 0.1) is 5.69 Å². The van der Waals surface area contributed by atoms with Gasteiger partial charge in [-0.1, -0.05) is 32.0 Å². The highest BCUT2D eigenvalue weighted by molar-refractivity contribution is 5.99. The third-order valence-corrected chi connectivity index (χ3v) is 4.20. The van der Waals surface area contributed by atoms with Crippen molar-refractivity contribution in [3.05, 3.63) is 47.9 Å². The maximum Gasteiger partial charge on any atom is 0.254 e. The molecule has 1 aliphatic rings. The molecule has 122 valence electrons. The zero-order valence-corrected chi connectivity index (χ0v) is 13.5. The molecule has 0 bridgehead atoms. The molecule has 1 aromatic carbocycles. The van der Waals surface area contributed by atoms with Crippen LogP contribution in [0.3, 0.4) is 0 Å². The second kappa shape index (κ2) is 5.59. The van der Waals surface area contributed by atoms with E-state index in [-0.39, 0.29) is 17.9 Å². The monoisotopic (exact) mass is 322 g/mol. The number of hydrogen-bond acceptors (Lipinski definition) is 5. The number of hydrogen-bond donors (Lipinski definition) is 2. The Hall–Kier alpha value is -2.96. The van der Waals surface area contributed by atoms with Gasteiger partial charge in [0.25, 0.3) is 5.78 Å². The number of amides is 1. The number of aromatic nitrogens is 4. The molecular formula is C17H18N6O.